The van der Waals surface area contributed by atoms with Crippen molar-refractivity contribution in [3.8, 4) is 0 Å². The third kappa shape index (κ3) is 4.98. The van der Waals surface area contributed by atoms with E-state index >= 15 is 0 Å². The Balaban J connectivity index is 0.00000353. The highest BCUT2D eigenvalue weighted by molar-refractivity contribution is 6.04. The third-order valence-electron chi connectivity index (χ3n) is 7.18. The van der Waals surface area contributed by atoms with Crippen LogP contribution in [-0.4, -0.2) is 60.7 Å². The van der Waals surface area contributed by atoms with Crippen LogP contribution in [0.3, 0.4) is 0 Å². The molecular formula is C29H38N8O. The first-order chi connectivity index (χ1) is 18.2. The summed E-state index contributed by atoms with van der Waals surface area (Å²) in [6, 6.07) is 4.60. The van der Waals surface area contributed by atoms with E-state index in [9.17, 15) is 4.79 Å². The zero-order chi connectivity index (χ0) is 27.0. The number of carbonyl (C=O) groups excluding carboxylic acids is 1. The number of aryl methyl sites for hydroxylation is 1. The van der Waals surface area contributed by atoms with E-state index in [0.717, 1.165) is 58.8 Å². The van der Waals surface area contributed by atoms with Crippen LogP contribution in [0.15, 0.2) is 43.0 Å². The quantitative estimate of drug-likeness (QED) is 0.326. The van der Waals surface area contributed by atoms with Gasteiger partial charge < -0.3 is 14.8 Å². The molecule has 0 saturated carbocycles. The molecule has 0 saturated heterocycles. The van der Waals surface area contributed by atoms with Crippen molar-refractivity contribution >= 4 is 28.2 Å². The minimum Gasteiger partial charge on any atom is -0.326 e. The van der Waals surface area contributed by atoms with E-state index in [-0.39, 0.29) is 13.4 Å². The number of imidazole rings is 1. The standard InChI is InChI=1S/C29H36N8O.H2/c1-7-22(10-11-35(5)6)36-17-21(15-32-36)34-29(38)20-12-24-23(8-9-25(24)30-14-20)26-13-28-27(16-31-26)33-19(4)37(28)18(2)3;/h8,12-18,22H,7,9-11H2,1-6H3,(H,34,38);1H. The molecular weight excluding hydrogens is 476 g/mol. The number of nitrogens with zero attached hydrogens (tertiary/aromatic N) is 7. The third-order valence-corrected chi connectivity index (χ3v) is 7.18. The molecule has 0 spiro atoms. The van der Waals surface area contributed by atoms with Gasteiger partial charge in [-0.25, -0.2) is 4.98 Å². The largest absolute Gasteiger partial charge is 0.326 e. The number of fused-ring (bicyclic) bond motifs is 2. The summed E-state index contributed by atoms with van der Waals surface area (Å²) in [7, 11) is 4.14. The SMILES string of the molecule is CCC(CCN(C)C)n1cc(NC(=O)c2cnc3c(c2)C(c2cc4c(cn2)nc(C)n4C(C)C)=CC3)cn1.[HH]. The van der Waals surface area contributed by atoms with Gasteiger partial charge in [0.25, 0.3) is 5.91 Å². The fourth-order valence-electron chi connectivity index (χ4n) is 5.22. The molecule has 1 amide bonds. The van der Waals surface area contributed by atoms with Crippen molar-refractivity contribution in [2.75, 3.05) is 26.0 Å². The van der Waals surface area contributed by atoms with Crippen molar-refractivity contribution in [3.63, 3.8) is 0 Å². The first-order valence-corrected chi connectivity index (χ1v) is 13.3. The molecule has 1 aliphatic rings. The molecule has 4 heterocycles. The summed E-state index contributed by atoms with van der Waals surface area (Å²) in [5.41, 5.74) is 6.89. The molecule has 0 radical (unpaired) electrons. The van der Waals surface area contributed by atoms with Gasteiger partial charge in [-0.3, -0.25) is 19.4 Å². The monoisotopic (exact) mass is 514 g/mol. The fraction of sp³-hybridized carbons (Fsp3) is 0.414. The summed E-state index contributed by atoms with van der Waals surface area (Å²) in [5.74, 6) is 0.769. The predicted octanol–water partition coefficient (Wildman–Crippen LogP) is 5.30. The average Bonchev–Trinajstić information content (AvgIpc) is 3.59. The van der Waals surface area contributed by atoms with E-state index in [1.807, 2.05) is 30.1 Å². The molecule has 0 aliphatic heterocycles. The highest BCUT2D eigenvalue weighted by Crippen LogP contribution is 2.33. The average molecular weight is 515 g/mol. The number of carbonyl (C=O) groups is 1. The van der Waals surface area contributed by atoms with Gasteiger partial charge in [0.15, 0.2) is 0 Å². The predicted molar refractivity (Wildman–Crippen MR) is 152 cm³/mol. The van der Waals surface area contributed by atoms with Crippen molar-refractivity contribution in [1.29, 1.82) is 0 Å². The molecule has 1 N–H and O–H groups in total. The van der Waals surface area contributed by atoms with Crippen molar-refractivity contribution in [3.05, 3.63) is 71.3 Å². The van der Waals surface area contributed by atoms with Crippen molar-refractivity contribution in [2.45, 2.75) is 59.0 Å². The second-order valence-corrected chi connectivity index (χ2v) is 10.5. The lowest BCUT2D eigenvalue weighted by Gasteiger charge is -2.18. The number of nitrogens with one attached hydrogen (secondary N) is 1. The summed E-state index contributed by atoms with van der Waals surface area (Å²) in [4.78, 5) is 29.3. The minimum atomic E-state index is -0.204. The number of hydrogen-bond acceptors (Lipinski definition) is 6. The Morgan fingerprint density at radius 1 is 1.18 bits per heavy atom. The second kappa shape index (κ2) is 10.5. The topological polar surface area (TPSA) is 93.8 Å². The van der Waals surface area contributed by atoms with E-state index in [4.69, 9.17) is 4.98 Å². The molecule has 9 nitrogen and oxygen atoms in total. The Bertz CT molecular complexity index is 1520. The van der Waals surface area contributed by atoms with Crippen molar-refractivity contribution in [2.24, 2.45) is 0 Å². The van der Waals surface area contributed by atoms with Gasteiger partial charge in [0, 0.05) is 37.4 Å². The van der Waals surface area contributed by atoms with Gasteiger partial charge in [0.05, 0.1) is 46.6 Å². The minimum absolute atomic E-state index is 0. The van der Waals surface area contributed by atoms with E-state index in [0.29, 0.717) is 23.7 Å². The van der Waals surface area contributed by atoms with Gasteiger partial charge in [-0.05, 0) is 66.4 Å². The normalized spacial score (nSPS) is 13.8. The van der Waals surface area contributed by atoms with E-state index < -0.39 is 0 Å². The van der Waals surface area contributed by atoms with Crippen LogP contribution in [0, 0.1) is 6.92 Å². The maximum Gasteiger partial charge on any atom is 0.257 e. The number of hydrogen-bond donors (Lipinski definition) is 1. The summed E-state index contributed by atoms with van der Waals surface area (Å²) >= 11 is 0. The van der Waals surface area contributed by atoms with E-state index in [1.54, 1.807) is 12.4 Å². The number of rotatable bonds is 9. The molecule has 5 rings (SSSR count). The van der Waals surface area contributed by atoms with Gasteiger partial charge in [-0.15, -0.1) is 0 Å². The van der Waals surface area contributed by atoms with Crippen LogP contribution < -0.4 is 5.32 Å². The number of allylic oxidation sites excluding steroid dienone is 1. The van der Waals surface area contributed by atoms with Gasteiger partial charge in [0.1, 0.15) is 11.3 Å². The highest BCUT2D eigenvalue weighted by Gasteiger charge is 2.22. The molecule has 38 heavy (non-hydrogen) atoms. The number of pyridine rings is 2. The number of amides is 1. The smallest absolute Gasteiger partial charge is 0.257 e. The van der Waals surface area contributed by atoms with Crippen LogP contribution in [0.5, 0.6) is 0 Å². The lowest BCUT2D eigenvalue weighted by molar-refractivity contribution is 0.102. The first kappa shape index (κ1) is 25.8. The summed E-state index contributed by atoms with van der Waals surface area (Å²) in [6.45, 7) is 9.48. The van der Waals surface area contributed by atoms with Crippen molar-refractivity contribution < 1.29 is 6.22 Å². The molecule has 0 fully saturated rings. The number of anilines is 1. The van der Waals surface area contributed by atoms with Crippen LogP contribution in [-0.2, 0) is 6.42 Å². The first-order valence-electron chi connectivity index (χ1n) is 13.3. The molecule has 0 bridgehead atoms. The molecule has 0 aromatic carbocycles. The van der Waals surface area contributed by atoms with E-state index in [2.05, 4.69) is 76.9 Å². The molecule has 4 aromatic heterocycles. The zero-order valence-electron chi connectivity index (χ0n) is 23.1. The van der Waals surface area contributed by atoms with Crippen LogP contribution in [0.4, 0.5) is 5.69 Å². The van der Waals surface area contributed by atoms with Gasteiger partial charge in [-0.2, -0.15) is 5.10 Å². The Morgan fingerprint density at radius 2 is 2.00 bits per heavy atom. The highest BCUT2D eigenvalue weighted by atomic mass is 16.1. The van der Waals surface area contributed by atoms with Gasteiger partial charge in [-0.1, -0.05) is 13.0 Å². The van der Waals surface area contributed by atoms with Crippen LogP contribution in [0.2, 0.25) is 0 Å². The Morgan fingerprint density at radius 3 is 2.74 bits per heavy atom. The van der Waals surface area contributed by atoms with Crippen LogP contribution in [0.25, 0.3) is 16.6 Å². The maximum absolute atomic E-state index is 13.2. The summed E-state index contributed by atoms with van der Waals surface area (Å²) < 4.78 is 4.18. The fourth-order valence-corrected chi connectivity index (χ4v) is 5.22. The lowest BCUT2D eigenvalue weighted by Crippen LogP contribution is -2.19. The molecule has 1 atom stereocenters. The summed E-state index contributed by atoms with van der Waals surface area (Å²) in [5, 5.41) is 7.51. The maximum atomic E-state index is 13.2. The van der Waals surface area contributed by atoms with Gasteiger partial charge >= 0.3 is 0 Å². The van der Waals surface area contributed by atoms with Gasteiger partial charge in [0.2, 0.25) is 0 Å². The molecule has 4 aromatic rings. The second-order valence-electron chi connectivity index (χ2n) is 10.5. The lowest BCUT2D eigenvalue weighted by atomic mass is 10.0. The Hall–Kier alpha value is -3.85. The van der Waals surface area contributed by atoms with E-state index in [1.165, 1.54) is 0 Å². The van der Waals surface area contributed by atoms with Crippen molar-refractivity contribution in [1.82, 2.24) is 34.2 Å². The molecule has 200 valence electrons. The Kier molecular flexibility index (Phi) is 7.12. The summed E-state index contributed by atoms with van der Waals surface area (Å²) in [6.07, 6.45) is 11.9. The van der Waals surface area contributed by atoms with Crippen LogP contribution >= 0.6 is 0 Å². The Labute approximate surface area is 225 Å². The molecule has 1 unspecified atom stereocenters. The van der Waals surface area contributed by atoms with Crippen LogP contribution in [0.1, 0.15) is 80.3 Å². The molecule has 1 aliphatic carbocycles. The molecule has 9 heteroatoms. The number of aromatic nitrogens is 6. The zero-order valence-corrected chi connectivity index (χ0v) is 23.1.